The Morgan fingerprint density at radius 3 is 2.50 bits per heavy atom. The molecule has 1 saturated carbocycles. The van der Waals surface area contributed by atoms with Gasteiger partial charge in [-0.25, -0.2) is 9.97 Å². The highest BCUT2D eigenvalue weighted by atomic mass is 16.5. The minimum Gasteiger partial charge on any atom is -0.380 e. The Kier molecular flexibility index (Phi) is 6.40. The van der Waals surface area contributed by atoms with E-state index < -0.39 is 0 Å². The number of ether oxygens (including phenoxy) is 1. The van der Waals surface area contributed by atoms with Crippen LogP contribution in [0.4, 0.5) is 5.95 Å². The fourth-order valence-electron chi connectivity index (χ4n) is 3.65. The summed E-state index contributed by atoms with van der Waals surface area (Å²) < 4.78 is 5.67. The third-order valence-corrected chi connectivity index (χ3v) is 5.30. The van der Waals surface area contributed by atoms with Gasteiger partial charge in [0.25, 0.3) is 0 Å². The van der Waals surface area contributed by atoms with Gasteiger partial charge in [-0.3, -0.25) is 0 Å². The van der Waals surface area contributed by atoms with E-state index in [1.165, 1.54) is 25.7 Å². The molecule has 1 aromatic heterocycles. The SMILES string of the molecule is CO[C@H]1CCCCC[C@@H]1NCc1cnc(N2CCN(C)CC2)nc1. The first-order valence-electron chi connectivity index (χ1n) is 9.27. The Morgan fingerprint density at radius 2 is 1.79 bits per heavy atom. The van der Waals surface area contributed by atoms with Crippen LogP contribution in [-0.4, -0.2) is 67.4 Å². The third kappa shape index (κ3) is 4.65. The number of piperazine rings is 1. The average Bonchev–Trinajstić information content (AvgIpc) is 2.86. The molecule has 0 aromatic carbocycles. The molecule has 3 rings (SSSR count). The molecule has 2 fully saturated rings. The number of anilines is 1. The van der Waals surface area contributed by atoms with E-state index in [2.05, 4.69) is 32.1 Å². The molecule has 1 aromatic rings. The van der Waals surface area contributed by atoms with Gasteiger partial charge < -0.3 is 19.9 Å². The molecule has 24 heavy (non-hydrogen) atoms. The molecule has 134 valence electrons. The van der Waals surface area contributed by atoms with Crippen LogP contribution in [0.25, 0.3) is 0 Å². The topological polar surface area (TPSA) is 53.5 Å². The highest BCUT2D eigenvalue weighted by molar-refractivity contribution is 5.30. The zero-order chi connectivity index (χ0) is 16.8. The third-order valence-electron chi connectivity index (χ3n) is 5.30. The fraction of sp³-hybridized carbons (Fsp3) is 0.778. The van der Waals surface area contributed by atoms with Gasteiger partial charge in [0.2, 0.25) is 5.95 Å². The van der Waals surface area contributed by atoms with Crippen LogP contribution in [0.15, 0.2) is 12.4 Å². The van der Waals surface area contributed by atoms with Crippen molar-refractivity contribution in [1.82, 2.24) is 20.2 Å². The van der Waals surface area contributed by atoms with Gasteiger partial charge in [0.15, 0.2) is 0 Å². The number of nitrogens with one attached hydrogen (secondary N) is 1. The summed E-state index contributed by atoms with van der Waals surface area (Å²) in [5.74, 6) is 0.857. The summed E-state index contributed by atoms with van der Waals surface area (Å²) in [6.45, 7) is 4.98. The summed E-state index contributed by atoms with van der Waals surface area (Å²) in [5.41, 5.74) is 1.15. The van der Waals surface area contributed by atoms with E-state index in [0.29, 0.717) is 12.1 Å². The second kappa shape index (κ2) is 8.74. The largest absolute Gasteiger partial charge is 0.380 e. The average molecular weight is 333 g/mol. The van der Waals surface area contributed by atoms with E-state index >= 15 is 0 Å². The van der Waals surface area contributed by atoms with Crippen LogP contribution in [0.5, 0.6) is 0 Å². The molecule has 2 heterocycles. The lowest BCUT2D eigenvalue weighted by Crippen LogP contribution is -2.45. The molecule has 0 amide bonds. The Hall–Kier alpha value is -1.24. The quantitative estimate of drug-likeness (QED) is 0.827. The maximum atomic E-state index is 5.67. The molecule has 0 bridgehead atoms. The molecule has 0 spiro atoms. The summed E-state index contributed by atoms with van der Waals surface area (Å²) in [6, 6.07) is 0.440. The van der Waals surface area contributed by atoms with Crippen molar-refractivity contribution in [3.05, 3.63) is 18.0 Å². The maximum Gasteiger partial charge on any atom is 0.225 e. The van der Waals surface area contributed by atoms with E-state index in [9.17, 15) is 0 Å². The van der Waals surface area contributed by atoms with E-state index in [0.717, 1.165) is 50.7 Å². The van der Waals surface area contributed by atoms with Crippen molar-refractivity contribution < 1.29 is 4.74 Å². The molecule has 0 radical (unpaired) electrons. The normalized spacial score (nSPS) is 26.3. The first-order valence-corrected chi connectivity index (χ1v) is 9.27. The summed E-state index contributed by atoms with van der Waals surface area (Å²) in [7, 11) is 3.99. The van der Waals surface area contributed by atoms with Crippen LogP contribution in [0.1, 0.15) is 37.7 Å². The van der Waals surface area contributed by atoms with Crippen molar-refractivity contribution in [2.75, 3.05) is 45.2 Å². The van der Waals surface area contributed by atoms with Crippen molar-refractivity contribution in [3.63, 3.8) is 0 Å². The molecule has 1 aliphatic carbocycles. The number of aromatic nitrogens is 2. The van der Waals surface area contributed by atoms with Gasteiger partial charge in [0.1, 0.15) is 0 Å². The second-order valence-electron chi connectivity index (χ2n) is 7.08. The smallest absolute Gasteiger partial charge is 0.225 e. The highest BCUT2D eigenvalue weighted by Crippen LogP contribution is 2.20. The maximum absolute atomic E-state index is 5.67. The van der Waals surface area contributed by atoms with Crippen molar-refractivity contribution in [2.24, 2.45) is 0 Å². The molecule has 6 heteroatoms. The van der Waals surface area contributed by atoms with Crippen LogP contribution in [0.3, 0.4) is 0 Å². The lowest BCUT2D eigenvalue weighted by molar-refractivity contribution is 0.0625. The monoisotopic (exact) mass is 333 g/mol. The summed E-state index contributed by atoms with van der Waals surface area (Å²) >= 11 is 0. The van der Waals surface area contributed by atoms with Crippen molar-refractivity contribution in [3.8, 4) is 0 Å². The number of likely N-dealkylation sites (N-methyl/N-ethyl adjacent to an activating group) is 1. The second-order valence-corrected chi connectivity index (χ2v) is 7.08. The van der Waals surface area contributed by atoms with Crippen LogP contribution in [0.2, 0.25) is 0 Å². The minimum absolute atomic E-state index is 0.332. The number of hydrogen-bond donors (Lipinski definition) is 1. The number of methoxy groups -OCH3 is 1. The molecule has 1 N–H and O–H groups in total. The molecule has 2 atom stereocenters. The zero-order valence-electron chi connectivity index (χ0n) is 15.1. The standard InChI is InChI=1S/C18H31N5O/c1-22-8-10-23(11-9-22)18-20-13-15(14-21-18)12-19-16-6-4-3-5-7-17(16)24-2/h13-14,16-17,19H,3-12H2,1-2H3/t16-,17-/m0/s1. The highest BCUT2D eigenvalue weighted by Gasteiger charge is 2.23. The van der Waals surface area contributed by atoms with E-state index in [1.807, 2.05) is 19.5 Å². The van der Waals surface area contributed by atoms with Crippen molar-refractivity contribution in [2.45, 2.75) is 50.8 Å². The zero-order valence-corrected chi connectivity index (χ0v) is 15.1. The molecular weight excluding hydrogens is 302 g/mol. The van der Waals surface area contributed by atoms with E-state index in [-0.39, 0.29) is 0 Å². The lowest BCUT2D eigenvalue weighted by Gasteiger charge is -2.32. The summed E-state index contributed by atoms with van der Waals surface area (Å²) in [6.07, 6.45) is 10.5. The Labute approximate surface area is 145 Å². The molecule has 6 nitrogen and oxygen atoms in total. The number of rotatable bonds is 5. The van der Waals surface area contributed by atoms with Gasteiger partial charge in [-0.2, -0.15) is 0 Å². The van der Waals surface area contributed by atoms with Gasteiger partial charge in [-0.15, -0.1) is 0 Å². The van der Waals surface area contributed by atoms with E-state index in [4.69, 9.17) is 4.74 Å². The minimum atomic E-state index is 0.332. The predicted octanol–water partition coefficient (Wildman–Crippen LogP) is 1.67. The van der Waals surface area contributed by atoms with Crippen LogP contribution in [0, 0.1) is 0 Å². The molecule has 0 unspecified atom stereocenters. The molecular formula is C18H31N5O. The number of hydrogen-bond acceptors (Lipinski definition) is 6. The lowest BCUT2D eigenvalue weighted by atomic mass is 10.1. The molecule has 1 saturated heterocycles. The summed E-state index contributed by atoms with van der Waals surface area (Å²) in [5, 5.41) is 3.66. The Bertz CT molecular complexity index is 487. The first kappa shape index (κ1) is 17.6. The van der Waals surface area contributed by atoms with E-state index in [1.54, 1.807) is 0 Å². The Balaban J connectivity index is 1.52. The van der Waals surface area contributed by atoms with Gasteiger partial charge in [0, 0.05) is 63.8 Å². The predicted molar refractivity (Wildman–Crippen MR) is 96.3 cm³/mol. The van der Waals surface area contributed by atoms with Crippen LogP contribution < -0.4 is 10.2 Å². The van der Waals surface area contributed by atoms with Gasteiger partial charge in [-0.05, 0) is 19.9 Å². The molecule has 1 aliphatic heterocycles. The van der Waals surface area contributed by atoms with Crippen LogP contribution in [-0.2, 0) is 11.3 Å². The van der Waals surface area contributed by atoms with Crippen molar-refractivity contribution in [1.29, 1.82) is 0 Å². The van der Waals surface area contributed by atoms with Gasteiger partial charge in [0.05, 0.1) is 6.10 Å². The Morgan fingerprint density at radius 1 is 1.08 bits per heavy atom. The first-order chi connectivity index (χ1) is 11.8. The van der Waals surface area contributed by atoms with Crippen LogP contribution >= 0.6 is 0 Å². The number of nitrogens with zero attached hydrogens (tertiary/aromatic N) is 4. The van der Waals surface area contributed by atoms with Gasteiger partial charge >= 0.3 is 0 Å². The van der Waals surface area contributed by atoms with Gasteiger partial charge in [-0.1, -0.05) is 19.3 Å². The van der Waals surface area contributed by atoms with Crippen molar-refractivity contribution >= 4 is 5.95 Å². The summed E-state index contributed by atoms with van der Waals surface area (Å²) in [4.78, 5) is 13.8. The fourth-order valence-corrected chi connectivity index (χ4v) is 3.65. The molecule has 2 aliphatic rings.